The number of nitrogens with zero attached hydrogens (tertiary/aromatic N) is 1. The van der Waals surface area contributed by atoms with Crippen LogP contribution in [0.4, 0.5) is 0 Å². The van der Waals surface area contributed by atoms with E-state index < -0.39 is 0 Å². The van der Waals surface area contributed by atoms with Gasteiger partial charge in [0, 0.05) is 11.5 Å². The molecule has 0 unspecified atom stereocenters. The van der Waals surface area contributed by atoms with Gasteiger partial charge in [-0.2, -0.15) is 5.26 Å². The molecule has 1 fully saturated rings. The molecule has 1 heterocycles. The SMILES string of the molecule is C[C@@H](C#N)NC(=O)C1SCCS1. The molecule has 0 saturated carbocycles. The van der Waals surface area contributed by atoms with E-state index in [1.165, 1.54) is 0 Å². The van der Waals surface area contributed by atoms with Crippen molar-refractivity contribution in [1.29, 1.82) is 5.26 Å². The molecular formula is C7H10N2OS2. The summed E-state index contributed by atoms with van der Waals surface area (Å²) in [5.74, 6) is 2.05. The molecule has 1 aliphatic rings. The van der Waals surface area contributed by atoms with Gasteiger partial charge >= 0.3 is 0 Å². The number of hydrogen-bond donors (Lipinski definition) is 1. The van der Waals surface area contributed by atoms with Crippen LogP contribution in [-0.2, 0) is 4.79 Å². The highest BCUT2D eigenvalue weighted by Crippen LogP contribution is 2.31. The fourth-order valence-electron chi connectivity index (χ4n) is 0.823. The third-order valence-corrected chi connectivity index (χ3v) is 4.38. The Morgan fingerprint density at radius 1 is 1.67 bits per heavy atom. The number of nitriles is 1. The molecule has 3 nitrogen and oxygen atoms in total. The Morgan fingerprint density at radius 2 is 2.25 bits per heavy atom. The normalized spacial score (nSPS) is 20.0. The first-order valence-corrected chi connectivity index (χ1v) is 5.77. The summed E-state index contributed by atoms with van der Waals surface area (Å²) in [6, 6.07) is 1.59. The van der Waals surface area contributed by atoms with Gasteiger partial charge in [0.15, 0.2) is 0 Å². The predicted molar refractivity (Wildman–Crippen MR) is 51.9 cm³/mol. The summed E-state index contributed by atoms with van der Waals surface area (Å²) in [5, 5.41) is 11.1. The van der Waals surface area contributed by atoms with Gasteiger partial charge in [-0.1, -0.05) is 0 Å². The van der Waals surface area contributed by atoms with Crippen LogP contribution in [0.3, 0.4) is 0 Å². The van der Waals surface area contributed by atoms with Gasteiger partial charge in [0.05, 0.1) is 6.07 Å². The van der Waals surface area contributed by atoms with E-state index >= 15 is 0 Å². The summed E-state index contributed by atoms with van der Waals surface area (Å²) in [4.78, 5) is 11.3. The first-order valence-electron chi connectivity index (χ1n) is 3.67. The van der Waals surface area contributed by atoms with E-state index in [0.717, 1.165) is 11.5 Å². The molecule has 1 rings (SSSR count). The van der Waals surface area contributed by atoms with Crippen molar-refractivity contribution in [3.05, 3.63) is 0 Å². The Bertz CT molecular complexity index is 208. The molecule has 12 heavy (non-hydrogen) atoms. The molecule has 0 aromatic heterocycles. The number of rotatable bonds is 2. The molecule has 0 spiro atoms. The molecule has 1 saturated heterocycles. The standard InChI is InChI=1S/C7H10N2OS2/c1-5(4-8)9-6(10)7-11-2-3-12-7/h5,7H,2-3H2,1H3,(H,9,10)/t5-/m0/s1. The van der Waals surface area contributed by atoms with Crippen molar-refractivity contribution in [3.8, 4) is 6.07 Å². The van der Waals surface area contributed by atoms with Crippen molar-refractivity contribution < 1.29 is 4.79 Å². The number of hydrogen-bond acceptors (Lipinski definition) is 4. The summed E-state index contributed by atoms with van der Waals surface area (Å²) in [6.45, 7) is 1.68. The third kappa shape index (κ3) is 2.61. The fourth-order valence-corrected chi connectivity index (χ4v) is 3.42. The third-order valence-electron chi connectivity index (χ3n) is 1.39. The lowest BCUT2D eigenvalue weighted by Crippen LogP contribution is -2.35. The average Bonchev–Trinajstić information content (AvgIpc) is 2.56. The molecule has 1 atom stereocenters. The van der Waals surface area contributed by atoms with Gasteiger partial charge in [0.1, 0.15) is 10.6 Å². The zero-order chi connectivity index (χ0) is 8.97. The van der Waals surface area contributed by atoms with Crippen LogP contribution in [0.15, 0.2) is 0 Å². The molecular weight excluding hydrogens is 192 g/mol. The van der Waals surface area contributed by atoms with Crippen LogP contribution in [-0.4, -0.2) is 28.0 Å². The van der Waals surface area contributed by atoms with E-state index in [9.17, 15) is 4.79 Å². The fraction of sp³-hybridized carbons (Fsp3) is 0.714. The maximum atomic E-state index is 11.3. The van der Waals surface area contributed by atoms with Crippen LogP contribution >= 0.6 is 23.5 Å². The van der Waals surface area contributed by atoms with E-state index in [1.54, 1.807) is 30.4 Å². The van der Waals surface area contributed by atoms with Crippen LogP contribution in [0.5, 0.6) is 0 Å². The highest BCUT2D eigenvalue weighted by Gasteiger charge is 2.24. The molecule has 1 amide bonds. The number of amides is 1. The number of carbonyl (C=O) groups excluding carboxylic acids is 1. The zero-order valence-corrected chi connectivity index (χ0v) is 8.37. The Hall–Kier alpha value is -0.340. The maximum Gasteiger partial charge on any atom is 0.244 e. The van der Waals surface area contributed by atoms with E-state index in [-0.39, 0.29) is 16.5 Å². The number of thioether (sulfide) groups is 2. The van der Waals surface area contributed by atoms with Gasteiger partial charge in [-0.15, -0.1) is 23.5 Å². The van der Waals surface area contributed by atoms with Crippen LogP contribution in [0, 0.1) is 11.3 Å². The first-order chi connectivity index (χ1) is 5.74. The molecule has 66 valence electrons. The second-order valence-corrected chi connectivity index (χ2v) is 5.16. The van der Waals surface area contributed by atoms with E-state index in [0.29, 0.717) is 0 Å². The molecule has 5 heteroatoms. The van der Waals surface area contributed by atoms with Crippen molar-refractivity contribution in [1.82, 2.24) is 5.32 Å². The summed E-state index contributed by atoms with van der Waals surface area (Å²) >= 11 is 3.29. The monoisotopic (exact) mass is 202 g/mol. The quantitative estimate of drug-likeness (QED) is 0.720. The Morgan fingerprint density at radius 3 is 2.75 bits per heavy atom. The second kappa shape index (κ2) is 4.63. The average molecular weight is 202 g/mol. The topological polar surface area (TPSA) is 52.9 Å². The van der Waals surface area contributed by atoms with E-state index in [1.807, 2.05) is 6.07 Å². The lowest BCUT2D eigenvalue weighted by atomic mass is 10.4. The van der Waals surface area contributed by atoms with Crippen molar-refractivity contribution in [2.75, 3.05) is 11.5 Å². The minimum atomic E-state index is -0.376. The second-order valence-electron chi connectivity index (χ2n) is 2.43. The molecule has 0 radical (unpaired) electrons. The Labute approximate surface area is 80.3 Å². The van der Waals surface area contributed by atoms with Crippen molar-refractivity contribution in [3.63, 3.8) is 0 Å². The Balaban J connectivity index is 2.33. The summed E-state index contributed by atoms with van der Waals surface area (Å²) in [7, 11) is 0. The maximum absolute atomic E-state index is 11.3. The van der Waals surface area contributed by atoms with Crippen molar-refractivity contribution in [2.45, 2.75) is 17.5 Å². The highest BCUT2D eigenvalue weighted by atomic mass is 32.2. The van der Waals surface area contributed by atoms with Gasteiger partial charge in [-0.05, 0) is 6.92 Å². The number of carbonyl (C=O) groups is 1. The largest absolute Gasteiger partial charge is 0.339 e. The van der Waals surface area contributed by atoms with E-state index in [4.69, 9.17) is 5.26 Å². The van der Waals surface area contributed by atoms with Crippen LogP contribution in [0.1, 0.15) is 6.92 Å². The summed E-state index contributed by atoms with van der Waals surface area (Å²) in [6.07, 6.45) is 0. The van der Waals surface area contributed by atoms with Crippen LogP contribution in [0.25, 0.3) is 0 Å². The molecule has 0 aliphatic carbocycles. The van der Waals surface area contributed by atoms with Gasteiger partial charge in [-0.25, -0.2) is 0 Å². The highest BCUT2D eigenvalue weighted by molar-refractivity contribution is 8.21. The van der Waals surface area contributed by atoms with Crippen LogP contribution in [0.2, 0.25) is 0 Å². The zero-order valence-electron chi connectivity index (χ0n) is 6.74. The number of nitrogens with one attached hydrogen (secondary N) is 1. The molecule has 0 aromatic carbocycles. The Kier molecular flexibility index (Phi) is 3.76. The lowest BCUT2D eigenvalue weighted by Gasteiger charge is -2.09. The van der Waals surface area contributed by atoms with Gasteiger partial charge in [0.2, 0.25) is 5.91 Å². The van der Waals surface area contributed by atoms with Crippen LogP contribution < -0.4 is 5.32 Å². The molecule has 1 N–H and O–H groups in total. The smallest absolute Gasteiger partial charge is 0.244 e. The summed E-state index contributed by atoms with van der Waals surface area (Å²) < 4.78 is 0.000741. The minimum Gasteiger partial charge on any atom is -0.339 e. The van der Waals surface area contributed by atoms with Gasteiger partial charge < -0.3 is 5.32 Å². The predicted octanol–water partition coefficient (Wildman–Crippen LogP) is 0.821. The lowest BCUT2D eigenvalue weighted by molar-refractivity contribution is -0.119. The van der Waals surface area contributed by atoms with E-state index in [2.05, 4.69) is 5.32 Å². The molecule has 0 bridgehead atoms. The van der Waals surface area contributed by atoms with Crippen molar-refractivity contribution >= 4 is 29.4 Å². The summed E-state index contributed by atoms with van der Waals surface area (Å²) in [5.41, 5.74) is 0. The molecule has 0 aromatic rings. The van der Waals surface area contributed by atoms with Gasteiger partial charge in [0.25, 0.3) is 0 Å². The molecule has 1 aliphatic heterocycles. The minimum absolute atomic E-state index is 0.000741. The van der Waals surface area contributed by atoms with Gasteiger partial charge in [-0.3, -0.25) is 4.79 Å². The first kappa shape index (κ1) is 9.75. The van der Waals surface area contributed by atoms with Crippen molar-refractivity contribution in [2.24, 2.45) is 0 Å².